The molecule has 2 amide bonds. The standard InChI is InChI=1S/C24H26N2O4/c1-24(2,3)17-10-8-16(9-11-17)22(27)25-20-18-6-4-5-7-19(18)30-21(20)23(28)26-12-14-29-15-13-26/h4-11H,12-15H2,1-3H3,(H,25,27). The van der Waals surface area contributed by atoms with E-state index in [0.717, 1.165) is 5.56 Å². The van der Waals surface area contributed by atoms with Crippen molar-refractivity contribution in [3.05, 3.63) is 65.4 Å². The largest absolute Gasteiger partial charge is 0.449 e. The fraction of sp³-hybridized carbons (Fsp3) is 0.333. The number of benzene rings is 2. The van der Waals surface area contributed by atoms with Gasteiger partial charge in [-0.2, -0.15) is 0 Å². The Morgan fingerprint density at radius 1 is 0.967 bits per heavy atom. The van der Waals surface area contributed by atoms with Crippen molar-refractivity contribution in [3.8, 4) is 0 Å². The van der Waals surface area contributed by atoms with Crippen LogP contribution >= 0.6 is 0 Å². The summed E-state index contributed by atoms with van der Waals surface area (Å²) in [5.41, 5.74) is 2.65. The Kier molecular flexibility index (Phi) is 5.35. The smallest absolute Gasteiger partial charge is 0.291 e. The normalized spacial score (nSPS) is 14.7. The van der Waals surface area contributed by atoms with Gasteiger partial charge in [-0.05, 0) is 35.2 Å². The van der Waals surface area contributed by atoms with E-state index < -0.39 is 0 Å². The van der Waals surface area contributed by atoms with Gasteiger partial charge in [0.2, 0.25) is 5.76 Å². The first-order valence-electron chi connectivity index (χ1n) is 10.1. The van der Waals surface area contributed by atoms with E-state index in [1.165, 1.54) is 0 Å². The number of ether oxygens (including phenoxy) is 1. The summed E-state index contributed by atoms with van der Waals surface area (Å²) < 4.78 is 11.2. The molecule has 0 saturated carbocycles. The molecule has 0 bridgehead atoms. The molecule has 4 rings (SSSR count). The summed E-state index contributed by atoms with van der Waals surface area (Å²) in [6.45, 7) is 8.37. The number of nitrogens with one attached hydrogen (secondary N) is 1. The maximum atomic E-state index is 13.1. The van der Waals surface area contributed by atoms with Gasteiger partial charge in [-0.3, -0.25) is 9.59 Å². The van der Waals surface area contributed by atoms with Crippen molar-refractivity contribution in [3.63, 3.8) is 0 Å². The first-order valence-corrected chi connectivity index (χ1v) is 10.1. The zero-order valence-corrected chi connectivity index (χ0v) is 17.5. The van der Waals surface area contributed by atoms with Crippen molar-refractivity contribution in [1.82, 2.24) is 4.90 Å². The number of nitrogens with zero attached hydrogens (tertiary/aromatic N) is 1. The molecule has 6 nitrogen and oxygen atoms in total. The highest BCUT2D eigenvalue weighted by molar-refractivity contribution is 6.14. The van der Waals surface area contributed by atoms with Crippen LogP contribution in [0.25, 0.3) is 11.0 Å². The van der Waals surface area contributed by atoms with Crippen LogP contribution in [0, 0.1) is 0 Å². The molecule has 1 fully saturated rings. The van der Waals surface area contributed by atoms with Gasteiger partial charge >= 0.3 is 0 Å². The molecule has 1 saturated heterocycles. The molecule has 0 spiro atoms. The van der Waals surface area contributed by atoms with Crippen molar-refractivity contribution in [1.29, 1.82) is 0 Å². The van der Waals surface area contributed by atoms with Crippen LogP contribution in [-0.4, -0.2) is 43.0 Å². The van der Waals surface area contributed by atoms with Gasteiger partial charge in [0.1, 0.15) is 11.3 Å². The lowest BCUT2D eigenvalue weighted by atomic mass is 9.87. The summed E-state index contributed by atoms with van der Waals surface area (Å²) in [6.07, 6.45) is 0. The Morgan fingerprint density at radius 3 is 2.30 bits per heavy atom. The molecule has 1 aliphatic rings. The summed E-state index contributed by atoms with van der Waals surface area (Å²) in [7, 11) is 0. The Bertz CT molecular complexity index is 1070. The molecule has 1 aromatic heterocycles. The predicted molar refractivity (Wildman–Crippen MR) is 116 cm³/mol. The van der Waals surface area contributed by atoms with Crippen LogP contribution in [-0.2, 0) is 10.2 Å². The van der Waals surface area contributed by atoms with Gasteiger partial charge < -0.3 is 19.4 Å². The molecule has 1 N–H and O–H groups in total. The van der Waals surface area contributed by atoms with Crippen molar-refractivity contribution in [2.75, 3.05) is 31.6 Å². The molecule has 0 unspecified atom stereocenters. The molecule has 30 heavy (non-hydrogen) atoms. The lowest BCUT2D eigenvalue weighted by Crippen LogP contribution is -2.40. The molecule has 0 atom stereocenters. The second-order valence-electron chi connectivity index (χ2n) is 8.49. The summed E-state index contributed by atoms with van der Waals surface area (Å²) in [5, 5.41) is 3.62. The number of rotatable bonds is 3. The molecular formula is C24H26N2O4. The van der Waals surface area contributed by atoms with Crippen LogP contribution in [0.2, 0.25) is 0 Å². The first kappa shape index (κ1) is 20.2. The lowest BCUT2D eigenvalue weighted by Gasteiger charge is -2.26. The summed E-state index contributed by atoms with van der Waals surface area (Å²) in [5.74, 6) is -0.372. The van der Waals surface area contributed by atoms with Crippen LogP contribution in [0.3, 0.4) is 0 Å². The van der Waals surface area contributed by atoms with Gasteiger partial charge in [0.25, 0.3) is 11.8 Å². The number of morpholine rings is 1. The molecule has 6 heteroatoms. The highest BCUT2D eigenvalue weighted by atomic mass is 16.5. The molecule has 2 heterocycles. The van der Waals surface area contributed by atoms with Gasteiger partial charge in [-0.1, -0.05) is 45.0 Å². The van der Waals surface area contributed by atoms with Gasteiger partial charge in [-0.25, -0.2) is 0 Å². The summed E-state index contributed by atoms with van der Waals surface area (Å²) >= 11 is 0. The van der Waals surface area contributed by atoms with E-state index in [2.05, 4.69) is 26.1 Å². The summed E-state index contributed by atoms with van der Waals surface area (Å²) in [4.78, 5) is 27.7. The van der Waals surface area contributed by atoms with Gasteiger partial charge in [-0.15, -0.1) is 0 Å². The van der Waals surface area contributed by atoms with E-state index in [0.29, 0.717) is 48.5 Å². The highest BCUT2D eigenvalue weighted by Gasteiger charge is 2.27. The van der Waals surface area contributed by atoms with Crippen LogP contribution in [0.4, 0.5) is 5.69 Å². The minimum absolute atomic E-state index is 0.00745. The van der Waals surface area contributed by atoms with Crippen LogP contribution in [0.15, 0.2) is 52.9 Å². The van der Waals surface area contributed by atoms with E-state index >= 15 is 0 Å². The topological polar surface area (TPSA) is 71.8 Å². The fourth-order valence-corrected chi connectivity index (χ4v) is 3.54. The van der Waals surface area contributed by atoms with E-state index in [-0.39, 0.29) is 23.0 Å². The number of hydrogen-bond donors (Lipinski definition) is 1. The van der Waals surface area contributed by atoms with E-state index in [4.69, 9.17) is 9.15 Å². The van der Waals surface area contributed by atoms with E-state index in [1.807, 2.05) is 42.5 Å². The number of fused-ring (bicyclic) bond motifs is 1. The van der Waals surface area contributed by atoms with Gasteiger partial charge in [0.05, 0.1) is 13.2 Å². The monoisotopic (exact) mass is 406 g/mol. The maximum Gasteiger partial charge on any atom is 0.291 e. The highest BCUT2D eigenvalue weighted by Crippen LogP contribution is 2.32. The fourth-order valence-electron chi connectivity index (χ4n) is 3.54. The molecular weight excluding hydrogens is 380 g/mol. The minimum Gasteiger partial charge on any atom is -0.449 e. The van der Waals surface area contributed by atoms with Gasteiger partial charge in [0, 0.05) is 24.0 Å². The Balaban J connectivity index is 1.66. The van der Waals surface area contributed by atoms with Crippen molar-refractivity contribution >= 4 is 28.5 Å². The first-order chi connectivity index (χ1) is 14.3. The van der Waals surface area contributed by atoms with Crippen LogP contribution < -0.4 is 5.32 Å². The third-order valence-corrected chi connectivity index (χ3v) is 5.34. The number of carbonyl (C=O) groups excluding carboxylic acids is 2. The lowest BCUT2D eigenvalue weighted by molar-refractivity contribution is 0.0285. The summed E-state index contributed by atoms with van der Waals surface area (Å²) in [6, 6.07) is 14.9. The van der Waals surface area contributed by atoms with Crippen LogP contribution in [0.1, 0.15) is 47.2 Å². The number of carbonyl (C=O) groups is 2. The molecule has 0 aliphatic carbocycles. The zero-order chi connectivity index (χ0) is 21.3. The number of para-hydroxylation sites is 1. The Labute approximate surface area is 175 Å². The molecule has 3 aromatic rings. The van der Waals surface area contributed by atoms with Crippen LogP contribution in [0.5, 0.6) is 0 Å². The Morgan fingerprint density at radius 2 is 1.63 bits per heavy atom. The van der Waals surface area contributed by atoms with Crippen molar-refractivity contribution in [2.24, 2.45) is 0 Å². The molecule has 1 aliphatic heterocycles. The third-order valence-electron chi connectivity index (χ3n) is 5.34. The predicted octanol–water partition coefficient (Wildman–Crippen LogP) is 4.46. The van der Waals surface area contributed by atoms with Gasteiger partial charge in [0.15, 0.2) is 0 Å². The average Bonchev–Trinajstić information content (AvgIpc) is 3.11. The maximum absolute atomic E-state index is 13.1. The molecule has 0 radical (unpaired) electrons. The average molecular weight is 406 g/mol. The SMILES string of the molecule is CC(C)(C)c1ccc(C(=O)Nc2c(C(=O)N3CCOCC3)oc3ccccc23)cc1. The third kappa shape index (κ3) is 3.96. The molecule has 2 aromatic carbocycles. The Hall–Kier alpha value is -3.12. The van der Waals surface area contributed by atoms with E-state index in [9.17, 15) is 9.59 Å². The number of amides is 2. The zero-order valence-electron chi connectivity index (χ0n) is 17.5. The number of hydrogen-bond acceptors (Lipinski definition) is 4. The van der Waals surface area contributed by atoms with E-state index in [1.54, 1.807) is 11.0 Å². The number of anilines is 1. The number of furan rings is 1. The van der Waals surface area contributed by atoms with Crippen molar-refractivity contribution in [2.45, 2.75) is 26.2 Å². The second kappa shape index (κ2) is 7.95. The second-order valence-corrected chi connectivity index (χ2v) is 8.49. The van der Waals surface area contributed by atoms with Crippen molar-refractivity contribution < 1.29 is 18.7 Å². The minimum atomic E-state index is -0.280. The molecule has 156 valence electrons. The quantitative estimate of drug-likeness (QED) is 0.697.